The molecule has 3 aromatic rings. The molecule has 10 heteroatoms. The standard InChI is InChI=1S/C30H33N5O5/c1-19-16-35(20(2)18-36)29(37)26-13-23(22-7-5-21(14-31)6-8-22)15-32-28(26)40-27(19)17-34(3)30(38)33-24-9-11-25(39-4)12-10-24/h5-13,15,19-20,27,36H,16-18H2,1-4H3,(H,33,38)/t19-,20+,27-/m1/s1. The van der Waals surface area contributed by atoms with Gasteiger partial charge in [-0.25, -0.2) is 9.78 Å². The minimum absolute atomic E-state index is 0.165. The number of amides is 3. The number of pyridine rings is 1. The van der Waals surface area contributed by atoms with E-state index in [1.807, 2.05) is 6.92 Å². The minimum Gasteiger partial charge on any atom is -0.497 e. The summed E-state index contributed by atoms with van der Waals surface area (Å²) in [5.41, 5.74) is 2.91. The van der Waals surface area contributed by atoms with Gasteiger partial charge in [0.25, 0.3) is 5.91 Å². The zero-order valence-electron chi connectivity index (χ0n) is 23.0. The second-order valence-corrected chi connectivity index (χ2v) is 9.93. The van der Waals surface area contributed by atoms with E-state index in [1.54, 1.807) is 86.8 Å². The highest BCUT2D eigenvalue weighted by atomic mass is 16.5. The maximum atomic E-state index is 13.7. The molecule has 0 radical (unpaired) electrons. The molecule has 1 aliphatic rings. The second-order valence-electron chi connectivity index (χ2n) is 9.93. The van der Waals surface area contributed by atoms with E-state index in [-0.39, 0.29) is 42.5 Å². The Kier molecular flexibility index (Phi) is 8.86. The number of benzene rings is 2. The van der Waals surface area contributed by atoms with Gasteiger partial charge in [-0.15, -0.1) is 0 Å². The first-order valence-electron chi connectivity index (χ1n) is 13.0. The lowest BCUT2D eigenvalue weighted by atomic mass is 9.99. The number of nitrogens with zero attached hydrogens (tertiary/aromatic N) is 4. The van der Waals surface area contributed by atoms with Gasteiger partial charge in [0, 0.05) is 37.0 Å². The number of nitriles is 1. The summed E-state index contributed by atoms with van der Waals surface area (Å²) < 4.78 is 11.5. The first-order valence-corrected chi connectivity index (χ1v) is 13.0. The highest BCUT2D eigenvalue weighted by Crippen LogP contribution is 2.30. The number of aromatic nitrogens is 1. The monoisotopic (exact) mass is 543 g/mol. The van der Waals surface area contributed by atoms with Crippen LogP contribution in [0.1, 0.15) is 29.8 Å². The molecule has 2 heterocycles. The smallest absolute Gasteiger partial charge is 0.321 e. The SMILES string of the molecule is COc1ccc(NC(=O)N(C)C[C@H]2Oc3ncc(-c4ccc(C#N)cc4)cc3C(=O)N([C@@H](C)CO)C[C@H]2C)cc1. The Morgan fingerprint density at radius 3 is 2.58 bits per heavy atom. The molecule has 208 valence electrons. The van der Waals surface area contributed by atoms with Crippen molar-refractivity contribution in [3.63, 3.8) is 0 Å². The average Bonchev–Trinajstić information content (AvgIpc) is 2.98. The van der Waals surface area contributed by atoms with Gasteiger partial charge in [-0.2, -0.15) is 5.26 Å². The van der Waals surface area contributed by atoms with E-state index in [9.17, 15) is 14.7 Å². The summed E-state index contributed by atoms with van der Waals surface area (Å²) in [5.74, 6) is 0.378. The van der Waals surface area contributed by atoms with Gasteiger partial charge in [0.15, 0.2) is 0 Å². The lowest BCUT2D eigenvalue weighted by Crippen LogP contribution is -2.50. The van der Waals surface area contributed by atoms with E-state index in [4.69, 9.17) is 14.7 Å². The molecule has 0 spiro atoms. The molecule has 1 aromatic heterocycles. The van der Waals surface area contributed by atoms with Crippen LogP contribution in [0.15, 0.2) is 60.8 Å². The van der Waals surface area contributed by atoms with E-state index in [0.29, 0.717) is 29.1 Å². The number of urea groups is 1. The predicted molar refractivity (Wildman–Crippen MR) is 150 cm³/mol. The Morgan fingerprint density at radius 1 is 1.25 bits per heavy atom. The summed E-state index contributed by atoms with van der Waals surface area (Å²) in [4.78, 5) is 34.3. The number of hydrogen-bond donors (Lipinski definition) is 2. The fourth-order valence-electron chi connectivity index (χ4n) is 4.46. The Bertz CT molecular complexity index is 1390. The fraction of sp³-hybridized carbons (Fsp3) is 0.333. The van der Waals surface area contributed by atoms with Crippen LogP contribution in [0.5, 0.6) is 11.6 Å². The number of carbonyl (C=O) groups is 2. The van der Waals surface area contributed by atoms with Crippen LogP contribution >= 0.6 is 0 Å². The normalized spacial score (nSPS) is 17.4. The lowest BCUT2D eigenvalue weighted by Gasteiger charge is -2.37. The molecule has 2 aromatic carbocycles. The van der Waals surface area contributed by atoms with Crippen LogP contribution in [0, 0.1) is 17.2 Å². The summed E-state index contributed by atoms with van der Waals surface area (Å²) in [6.45, 7) is 4.08. The van der Waals surface area contributed by atoms with Crippen molar-refractivity contribution in [2.45, 2.75) is 26.0 Å². The summed E-state index contributed by atoms with van der Waals surface area (Å²) in [5, 5.41) is 21.9. The number of carbonyl (C=O) groups excluding carboxylic acids is 2. The van der Waals surface area contributed by atoms with E-state index in [0.717, 1.165) is 5.56 Å². The van der Waals surface area contributed by atoms with Gasteiger partial charge < -0.3 is 29.7 Å². The number of fused-ring (bicyclic) bond motifs is 1. The van der Waals surface area contributed by atoms with Crippen molar-refractivity contribution in [3.05, 3.63) is 71.9 Å². The number of ether oxygens (including phenoxy) is 2. The Hall–Kier alpha value is -4.62. The number of rotatable bonds is 7. The van der Waals surface area contributed by atoms with Gasteiger partial charge in [-0.3, -0.25) is 4.79 Å². The topological polar surface area (TPSA) is 128 Å². The average molecular weight is 544 g/mol. The third-order valence-corrected chi connectivity index (χ3v) is 7.01. The predicted octanol–water partition coefficient (Wildman–Crippen LogP) is 4.01. The zero-order valence-corrected chi connectivity index (χ0v) is 23.0. The van der Waals surface area contributed by atoms with Crippen LogP contribution in [0.25, 0.3) is 11.1 Å². The van der Waals surface area contributed by atoms with Crippen molar-refractivity contribution in [1.29, 1.82) is 5.26 Å². The molecule has 4 rings (SSSR count). The van der Waals surface area contributed by atoms with Crippen LogP contribution in [-0.4, -0.2) is 77.8 Å². The molecule has 3 amide bonds. The Morgan fingerprint density at radius 2 is 1.95 bits per heavy atom. The number of hydrogen-bond acceptors (Lipinski definition) is 7. The molecule has 40 heavy (non-hydrogen) atoms. The maximum absolute atomic E-state index is 13.7. The number of aliphatic hydroxyl groups excluding tert-OH is 1. The van der Waals surface area contributed by atoms with Crippen molar-refractivity contribution in [2.24, 2.45) is 5.92 Å². The van der Waals surface area contributed by atoms with Crippen LogP contribution in [0.4, 0.5) is 10.5 Å². The fourth-order valence-corrected chi connectivity index (χ4v) is 4.46. The van der Waals surface area contributed by atoms with E-state index < -0.39 is 12.1 Å². The molecule has 1 aliphatic heterocycles. The first-order chi connectivity index (χ1) is 19.2. The van der Waals surface area contributed by atoms with Gasteiger partial charge in [0.2, 0.25) is 5.88 Å². The molecular formula is C30H33N5O5. The number of nitrogens with one attached hydrogen (secondary N) is 1. The summed E-state index contributed by atoms with van der Waals surface area (Å²) in [6.07, 6.45) is 1.14. The van der Waals surface area contributed by atoms with Gasteiger partial charge in [-0.05, 0) is 55.0 Å². The van der Waals surface area contributed by atoms with E-state index >= 15 is 0 Å². The number of anilines is 1. The van der Waals surface area contributed by atoms with Crippen LogP contribution in [0.2, 0.25) is 0 Å². The molecule has 0 saturated heterocycles. The van der Waals surface area contributed by atoms with Gasteiger partial charge in [-0.1, -0.05) is 19.1 Å². The van der Waals surface area contributed by atoms with Crippen molar-refractivity contribution in [2.75, 3.05) is 39.2 Å². The third-order valence-electron chi connectivity index (χ3n) is 7.01. The van der Waals surface area contributed by atoms with Gasteiger partial charge in [0.1, 0.15) is 17.4 Å². The van der Waals surface area contributed by atoms with Gasteiger partial charge >= 0.3 is 6.03 Å². The highest BCUT2D eigenvalue weighted by Gasteiger charge is 2.34. The molecule has 0 aliphatic carbocycles. The summed E-state index contributed by atoms with van der Waals surface area (Å²) in [6, 6.07) is 17.1. The number of likely N-dealkylation sites (N-methyl/N-ethyl adjacent to an activating group) is 1. The quantitative estimate of drug-likeness (QED) is 0.461. The molecule has 10 nitrogen and oxygen atoms in total. The largest absolute Gasteiger partial charge is 0.497 e. The van der Waals surface area contributed by atoms with Crippen LogP contribution in [-0.2, 0) is 0 Å². The Labute approximate surface area is 233 Å². The van der Waals surface area contributed by atoms with Crippen LogP contribution < -0.4 is 14.8 Å². The lowest BCUT2D eigenvalue weighted by molar-refractivity contribution is 0.0356. The maximum Gasteiger partial charge on any atom is 0.321 e. The molecule has 0 saturated carbocycles. The van der Waals surface area contributed by atoms with Crippen molar-refractivity contribution in [1.82, 2.24) is 14.8 Å². The van der Waals surface area contributed by atoms with Crippen molar-refractivity contribution < 1.29 is 24.2 Å². The molecule has 0 unspecified atom stereocenters. The van der Waals surface area contributed by atoms with E-state index in [2.05, 4.69) is 16.4 Å². The van der Waals surface area contributed by atoms with Crippen LogP contribution in [0.3, 0.4) is 0 Å². The number of aliphatic hydroxyl groups is 1. The zero-order chi connectivity index (χ0) is 28.8. The van der Waals surface area contributed by atoms with Crippen molar-refractivity contribution in [3.8, 4) is 28.8 Å². The number of methoxy groups -OCH3 is 1. The first kappa shape index (κ1) is 28.4. The highest BCUT2D eigenvalue weighted by molar-refractivity contribution is 5.98. The van der Waals surface area contributed by atoms with Gasteiger partial charge in [0.05, 0.1) is 37.9 Å². The molecule has 3 atom stereocenters. The molecule has 0 bridgehead atoms. The molecular weight excluding hydrogens is 510 g/mol. The second kappa shape index (κ2) is 12.5. The summed E-state index contributed by atoms with van der Waals surface area (Å²) >= 11 is 0. The summed E-state index contributed by atoms with van der Waals surface area (Å²) in [7, 11) is 3.25. The Balaban J connectivity index is 1.60. The third kappa shape index (κ3) is 6.33. The molecule has 0 fully saturated rings. The minimum atomic E-state index is -0.486. The van der Waals surface area contributed by atoms with E-state index in [1.165, 1.54) is 4.90 Å². The van der Waals surface area contributed by atoms with Crippen molar-refractivity contribution >= 4 is 17.6 Å². The molecule has 2 N–H and O–H groups in total.